The number of hydrogen-bond donors (Lipinski definition) is 1. The molecule has 250 valence electrons. The van der Waals surface area contributed by atoms with Gasteiger partial charge in [0.2, 0.25) is 23.6 Å². The van der Waals surface area contributed by atoms with E-state index in [2.05, 4.69) is 0 Å². The molecule has 8 rings (SSSR count). The number of carbonyl (C=O) groups is 4. The largest absolute Gasteiger partial charge is 0.505 e. The molecular formula is C38H27ClFN3O7. The topological polar surface area (TPSA) is 138 Å². The number of benzene rings is 4. The first-order valence-electron chi connectivity index (χ1n) is 16.0. The van der Waals surface area contributed by atoms with Gasteiger partial charge in [0, 0.05) is 28.6 Å². The molecule has 0 radical (unpaired) electrons. The number of phenols is 1. The molecule has 4 aliphatic rings. The number of imide groups is 2. The molecule has 1 saturated carbocycles. The lowest BCUT2D eigenvalue weighted by atomic mass is 9.49. The van der Waals surface area contributed by atoms with E-state index in [-0.39, 0.29) is 35.5 Å². The third-order valence-corrected chi connectivity index (χ3v) is 11.0. The van der Waals surface area contributed by atoms with E-state index >= 15 is 9.18 Å². The van der Waals surface area contributed by atoms with Crippen molar-refractivity contribution >= 4 is 52.3 Å². The van der Waals surface area contributed by atoms with E-state index in [9.17, 15) is 29.6 Å². The zero-order chi connectivity index (χ0) is 35.1. The van der Waals surface area contributed by atoms with Gasteiger partial charge in [-0.3, -0.25) is 29.3 Å². The van der Waals surface area contributed by atoms with Crippen LogP contribution in [0.4, 0.5) is 21.5 Å². The molecule has 3 fully saturated rings. The monoisotopic (exact) mass is 691 g/mol. The normalized spacial score (nSPS) is 27.2. The number of halogens is 2. The standard InChI is InChI=1S/C38H27ClFN3O7/c39-21-9-4-10-22(17-21)42-35(46)29-19-28-25(15-16-26-31(28)36(47)41(34(26)45)23-11-5-12-24(18-23)43(49)50)32(27-13-6-14-30(40)33(27)44)38(29,37(42)48)20-7-2-1-3-8-20/h1-15,17-18,26,28-29,31-32,44H,16,19H2. The van der Waals surface area contributed by atoms with Crippen molar-refractivity contribution in [2.24, 2.45) is 23.7 Å². The highest BCUT2D eigenvalue weighted by molar-refractivity contribution is 6.32. The zero-order valence-corrected chi connectivity index (χ0v) is 26.9. The van der Waals surface area contributed by atoms with Crippen molar-refractivity contribution < 1.29 is 33.6 Å². The number of nitro groups is 1. The Morgan fingerprint density at radius 1 is 0.820 bits per heavy atom. The smallest absolute Gasteiger partial charge is 0.271 e. The van der Waals surface area contributed by atoms with Crippen LogP contribution in [0.2, 0.25) is 5.02 Å². The summed E-state index contributed by atoms with van der Waals surface area (Å²) in [6, 6.07) is 24.3. The molecule has 2 aliphatic carbocycles. The number of anilines is 2. The second-order valence-corrected chi connectivity index (χ2v) is 13.5. The summed E-state index contributed by atoms with van der Waals surface area (Å²) in [5, 5.41) is 23.2. The summed E-state index contributed by atoms with van der Waals surface area (Å²) < 4.78 is 15.2. The van der Waals surface area contributed by atoms with E-state index in [0.717, 1.165) is 15.9 Å². The molecule has 50 heavy (non-hydrogen) atoms. The van der Waals surface area contributed by atoms with Gasteiger partial charge in [-0.15, -0.1) is 0 Å². The number of hydrogen-bond acceptors (Lipinski definition) is 7. The van der Waals surface area contributed by atoms with Gasteiger partial charge in [0.1, 0.15) is 0 Å². The summed E-state index contributed by atoms with van der Waals surface area (Å²) in [6.45, 7) is 0. The highest BCUT2D eigenvalue weighted by Gasteiger charge is 2.70. The van der Waals surface area contributed by atoms with Gasteiger partial charge in [-0.25, -0.2) is 14.2 Å². The Morgan fingerprint density at radius 3 is 2.24 bits per heavy atom. The molecule has 0 bridgehead atoms. The average molecular weight is 692 g/mol. The highest BCUT2D eigenvalue weighted by atomic mass is 35.5. The van der Waals surface area contributed by atoms with E-state index < -0.39 is 75.1 Å². The van der Waals surface area contributed by atoms with Crippen LogP contribution in [-0.2, 0) is 24.6 Å². The molecular weight excluding hydrogens is 665 g/mol. The molecule has 4 aromatic rings. The lowest BCUT2D eigenvalue weighted by molar-refractivity contribution is -0.384. The van der Waals surface area contributed by atoms with Crippen molar-refractivity contribution in [1.29, 1.82) is 0 Å². The summed E-state index contributed by atoms with van der Waals surface area (Å²) in [5.41, 5.74) is -0.628. The Hall–Kier alpha value is -5.68. The van der Waals surface area contributed by atoms with E-state index in [1.165, 1.54) is 42.5 Å². The predicted molar refractivity (Wildman–Crippen MR) is 180 cm³/mol. The first kappa shape index (κ1) is 31.6. The summed E-state index contributed by atoms with van der Waals surface area (Å²) in [4.78, 5) is 71.2. The number of non-ortho nitro benzene ring substituents is 1. The fourth-order valence-electron chi connectivity index (χ4n) is 8.85. The van der Waals surface area contributed by atoms with Gasteiger partial charge >= 0.3 is 0 Å². The van der Waals surface area contributed by atoms with Crippen molar-refractivity contribution in [3.05, 3.63) is 141 Å². The van der Waals surface area contributed by atoms with Crippen LogP contribution in [0, 0.1) is 39.6 Å². The van der Waals surface area contributed by atoms with Gasteiger partial charge in [-0.05, 0) is 54.7 Å². The van der Waals surface area contributed by atoms with Crippen LogP contribution in [-0.4, -0.2) is 33.7 Å². The van der Waals surface area contributed by atoms with Gasteiger partial charge < -0.3 is 5.11 Å². The van der Waals surface area contributed by atoms with Gasteiger partial charge in [0.05, 0.1) is 39.5 Å². The first-order chi connectivity index (χ1) is 24.0. The Morgan fingerprint density at radius 2 is 1.52 bits per heavy atom. The average Bonchev–Trinajstić information content (AvgIpc) is 3.50. The highest BCUT2D eigenvalue weighted by Crippen LogP contribution is 2.65. The van der Waals surface area contributed by atoms with Crippen LogP contribution in [0.3, 0.4) is 0 Å². The number of amides is 4. The van der Waals surface area contributed by atoms with E-state index in [1.54, 1.807) is 54.6 Å². The molecule has 4 amide bonds. The molecule has 12 heteroatoms. The minimum absolute atomic E-state index is 0.0160. The van der Waals surface area contributed by atoms with E-state index in [4.69, 9.17) is 11.6 Å². The van der Waals surface area contributed by atoms with E-state index in [0.29, 0.717) is 16.2 Å². The Kier molecular flexibility index (Phi) is 7.23. The van der Waals surface area contributed by atoms with Gasteiger partial charge in [0.15, 0.2) is 11.6 Å². The fraction of sp³-hybridized carbons (Fsp3) is 0.211. The summed E-state index contributed by atoms with van der Waals surface area (Å²) in [7, 11) is 0. The number of nitro benzene ring substituents is 1. The molecule has 10 nitrogen and oxygen atoms in total. The minimum Gasteiger partial charge on any atom is -0.505 e. The molecule has 0 spiro atoms. The molecule has 1 N–H and O–H groups in total. The van der Waals surface area contributed by atoms with Gasteiger partial charge in [-0.2, -0.15) is 0 Å². The van der Waals surface area contributed by atoms with Crippen LogP contribution in [0.15, 0.2) is 109 Å². The number of carbonyl (C=O) groups excluding carboxylic acids is 4. The summed E-state index contributed by atoms with van der Waals surface area (Å²) >= 11 is 6.32. The van der Waals surface area contributed by atoms with Crippen LogP contribution in [0.25, 0.3) is 0 Å². The first-order valence-corrected chi connectivity index (χ1v) is 16.4. The predicted octanol–water partition coefficient (Wildman–Crippen LogP) is 6.46. The van der Waals surface area contributed by atoms with E-state index in [1.807, 2.05) is 0 Å². The van der Waals surface area contributed by atoms with Crippen LogP contribution in [0.1, 0.15) is 29.9 Å². The van der Waals surface area contributed by atoms with Crippen LogP contribution >= 0.6 is 11.6 Å². The Bertz CT molecular complexity index is 2190. The second-order valence-electron chi connectivity index (χ2n) is 13.1. The van der Waals surface area contributed by atoms with Crippen LogP contribution in [0.5, 0.6) is 5.75 Å². The molecule has 4 aromatic carbocycles. The maximum atomic E-state index is 15.2. The lowest BCUT2D eigenvalue weighted by Crippen LogP contribution is -2.53. The maximum Gasteiger partial charge on any atom is 0.271 e. The number of aromatic hydroxyl groups is 1. The summed E-state index contributed by atoms with van der Waals surface area (Å²) in [5.74, 6) is -8.74. The number of nitrogens with zero attached hydrogens (tertiary/aromatic N) is 3. The molecule has 2 heterocycles. The Labute approximate surface area is 289 Å². The number of rotatable bonds is 5. The number of fused-ring (bicyclic) bond motifs is 4. The third-order valence-electron chi connectivity index (χ3n) is 10.8. The fourth-order valence-corrected chi connectivity index (χ4v) is 9.04. The zero-order valence-electron chi connectivity index (χ0n) is 26.1. The number of phenolic OH excluding ortho intramolecular Hbond substituents is 1. The lowest BCUT2D eigenvalue weighted by Gasteiger charge is -2.50. The SMILES string of the molecule is O=C1C2CC=C3C(CC4C(=O)N(c5cccc(Cl)c5)C(=O)C4(c4ccccc4)C3c3cccc(F)c3O)C2C(=O)N1c1cccc([N+](=O)[O-])c1. The summed E-state index contributed by atoms with van der Waals surface area (Å²) in [6.07, 6.45) is 1.84. The quantitative estimate of drug-likeness (QED) is 0.110. The molecule has 2 aliphatic heterocycles. The maximum absolute atomic E-state index is 15.2. The molecule has 6 atom stereocenters. The van der Waals surface area contributed by atoms with Crippen molar-refractivity contribution in [3.8, 4) is 5.75 Å². The number of para-hydroxylation sites is 1. The second kappa shape index (κ2) is 11.4. The minimum atomic E-state index is -1.69. The number of allylic oxidation sites excluding steroid dienone is 2. The molecule has 0 aromatic heterocycles. The van der Waals surface area contributed by atoms with Crippen LogP contribution < -0.4 is 9.80 Å². The van der Waals surface area contributed by atoms with Crippen molar-refractivity contribution in [2.45, 2.75) is 24.2 Å². The third kappa shape index (κ3) is 4.32. The molecule has 2 saturated heterocycles. The van der Waals surface area contributed by atoms with Crippen molar-refractivity contribution in [2.75, 3.05) is 9.80 Å². The van der Waals surface area contributed by atoms with Crippen molar-refractivity contribution in [1.82, 2.24) is 0 Å². The van der Waals surface area contributed by atoms with Crippen molar-refractivity contribution in [3.63, 3.8) is 0 Å². The van der Waals surface area contributed by atoms with Gasteiger partial charge in [-0.1, -0.05) is 77.8 Å². The molecule has 6 unspecified atom stereocenters. The Balaban J connectivity index is 1.35. The van der Waals surface area contributed by atoms with Gasteiger partial charge in [0.25, 0.3) is 5.69 Å².